The summed E-state index contributed by atoms with van der Waals surface area (Å²) in [6, 6.07) is 19.3. The van der Waals surface area contributed by atoms with Gasteiger partial charge in [0.05, 0.1) is 4.90 Å². The third-order valence-electron chi connectivity index (χ3n) is 4.73. The molecule has 0 spiro atoms. The lowest BCUT2D eigenvalue weighted by Crippen LogP contribution is -2.46. The average Bonchev–Trinajstić information content (AvgIpc) is 2.75. The molecule has 0 aliphatic carbocycles. The van der Waals surface area contributed by atoms with E-state index in [1.807, 2.05) is 24.3 Å². The molecule has 1 saturated heterocycles. The standard InChI is InChI=1S/C20H19ClN4O2S/c21-16-5-4-6-17(15-16)24-11-13-25(14-12-24)19-9-10-20(23-22-19)28(26,27)18-7-2-1-3-8-18/h1-10,15H,11-14H2. The first-order valence-corrected chi connectivity index (χ1v) is 10.8. The van der Waals surface area contributed by atoms with Crippen LogP contribution in [0, 0.1) is 0 Å². The Balaban J connectivity index is 1.45. The molecule has 0 bridgehead atoms. The highest BCUT2D eigenvalue weighted by atomic mass is 35.5. The molecule has 8 heteroatoms. The summed E-state index contributed by atoms with van der Waals surface area (Å²) in [6.07, 6.45) is 0. The van der Waals surface area contributed by atoms with Crippen molar-refractivity contribution in [3.05, 3.63) is 71.8 Å². The van der Waals surface area contributed by atoms with E-state index < -0.39 is 9.84 Å². The van der Waals surface area contributed by atoms with E-state index in [4.69, 9.17) is 11.6 Å². The van der Waals surface area contributed by atoms with Crippen molar-refractivity contribution < 1.29 is 8.42 Å². The van der Waals surface area contributed by atoms with Gasteiger partial charge in [-0.05, 0) is 42.5 Å². The Bertz CT molecular complexity index is 1050. The largest absolute Gasteiger partial charge is 0.368 e. The van der Waals surface area contributed by atoms with Crippen molar-refractivity contribution in [3.63, 3.8) is 0 Å². The van der Waals surface area contributed by atoms with Gasteiger partial charge in [-0.2, -0.15) is 0 Å². The SMILES string of the molecule is O=S(=O)(c1ccccc1)c1ccc(N2CCN(c3cccc(Cl)c3)CC2)nn1. The number of halogens is 1. The molecule has 4 rings (SSSR count). The maximum absolute atomic E-state index is 12.6. The number of anilines is 2. The van der Waals surface area contributed by atoms with E-state index in [0.29, 0.717) is 5.82 Å². The van der Waals surface area contributed by atoms with Crippen LogP contribution in [0.2, 0.25) is 5.02 Å². The molecule has 0 radical (unpaired) electrons. The molecule has 0 saturated carbocycles. The summed E-state index contributed by atoms with van der Waals surface area (Å²) in [5.74, 6) is 0.678. The minimum atomic E-state index is -3.65. The Morgan fingerprint density at radius 2 is 1.50 bits per heavy atom. The first-order valence-electron chi connectivity index (χ1n) is 8.93. The second-order valence-electron chi connectivity index (χ2n) is 6.50. The van der Waals surface area contributed by atoms with E-state index in [9.17, 15) is 8.42 Å². The van der Waals surface area contributed by atoms with E-state index in [1.54, 1.807) is 36.4 Å². The normalized spacial score (nSPS) is 14.9. The molecule has 0 unspecified atom stereocenters. The number of nitrogens with zero attached hydrogens (tertiary/aromatic N) is 4. The molecular weight excluding hydrogens is 396 g/mol. The number of hydrogen-bond acceptors (Lipinski definition) is 6. The van der Waals surface area contributed by atoms with Gasteiger partial charge in [0.2, 0.25) is 9.84 Å². The van der Waals surface area contributed by atoms with Crippen LogP contribution < -0.4 is 9.80 Å². The van der Waals surface area contributed by atoms with Gasteiger partial charge in [0.15, 0.2) is 10.8 Å². The Labute approximate surface area is 169 Å². The Hall–Kier alpha value is -2.64. The molecule has 28 heavy (non-hydrogen) atoms. The smallest absolute Gasteiger partial charge is 0.225 e. The monoisotopic (exact) mass is 414 g/mol. The van der Waals surface area contributed by atoms with Crippen molar-refractivity contribution in [2.24, 2.45) is 0 Å². The molecule has 144 valence electrons. The molecule has 1 aromatic heterocycles. The van der Waals surface area contributed by atoms with Gasteiger partial charge in [0.25, 0.3) is 0 Å². The van der Waals surface area contributed by atoms with Crippen LogP contribution in [0.25, 0.3) is 0 Å². The maximum Gasteiger partial charge on any atom is 0.225 e. The van der Waals surface area contributed by atoms with Crippen molar-refractivity contribution in [3.8, 4) is 0 Å². The summed E-state index contributed by atoms with van der Waals surface area (Å²) >= 11 is 6.08. The molecule has 3 aromatic rings. The van der Waals surface area contributed by atoms with Gasteiger partial charge in [0, 0.05) is 36.9 Å². The predicted molar refractivity (Wildman–Crippen MR) is 110 cm³/mol. The third-order valence-corrected chi connectivity index (χ3v) is 6.63. The third kappa shape index (κ3) is 3.81. The van der Waals surface area contributed by atoms with Crippen molar-refractivity contribution in [1.82, 2.24) is 10.2 Å². The van der Waals surface area contributed by atoms with Gasteiger partial charge < -0.3 is 9.80 Å². The van der Waals surface area contributed by atoms with Crippen LogP contribution in [0.1, 0.15) is 0 Å². The average molecular weight is 415 g/mol. The lowest BCUT2D eigenvalue weighted by atomic mass is 10.2. The van der Waals surface area contributed by atoms with Crippen LogP contribution in [0.15, 0.2) is 76.7 Å². The maximum atomic E-state index is 12.6. The second-order valence-corrected chi connectivity index (χ2v) is 8.83. The summed E-state index contributed by atoms with van der Waals surface area (Å²) in [5.41, 5.74) is 1.10. The Morgan fingerprint density at radius 1 is 0.786 bits per heavy atom. The van der Waals surface area contributed by atoms with Gasteiger partial charge in [-0.15, -0.1) is 10.2 Å². The summed E-state index contributed by atoms with van der Waals surface area (Å²) in [7, 11) is -3.65. The van der Waals surface area contributed by atoms with Crippen molar-refractivity contribution in [2.75, 3.05) is 36.0 Å². The van der Waals surface area contributed by atoms with Crippen LogP contribution in [0.4, 0.5) is 11.5 Å². The van der Waals surface area contributed by atoms with Crippen molar-refractivity contribution in [1.29, 1.82) is 0 Å². The minimum Gasteiger partial charge on any atom is -0.368 e. The van der Waals surface area contributed by atoms with E-state index in [1.165, 1.54) is 6.07 Å². The van der Waals surface area contributed by atoms with Crippen LogP contribution in [-0.4, -0.2) is 44.8 Å². The fourth-order valence-electron chi connectivity index (χ4n) is 3.21. The number of aromatic nitrogens is 2. The van der Waals surface area contributed by atoms with Crippen LogP contribution in [0.3, 0.4) is 0 Å². The van der Waals surface area contributed by atoms with Gasteiger partial charge in [0.1, 0.15) is 0 Å². The predicted octanol–water partition coefficient (Wildman–Crippen LogP) is 3.29. The highest BCUT2D eigenvalue weighted by molar-refractivity contribution is 7.91. The zero-order valence-electron chi connectivity index (χ0n) is 15.1. The molecular formula is C20H19ClN4O2S. The fraction of sp³-hybridized carbons (Fsp3) is 0.200. The molecule has 0 N–H and O–H groups in total. The summed E-state index contributed by atoms with van der Waals surface area (Å²) < 4.78 is 25.2. The van der Waals surface area contributed by atoms with E-state index >= 15 is 0 Å². The quantitative estimate of drug-likeness (QED) is 0.652. The lowest BCUT2D eigenvalue weighted by molar-refractivity contribution is 0.589. The summed E-state index contributed by atoms with van der Waals surface area (Å²) in [5, 5.41) is 8.82. The van der Waals surface area contributed by atoms with Crippen molar-refractivity contribution >= 4 is 32.9 Å². The van der Waals surface area contributed by atoms with Gasteiger partial charge in [-0.25, -0.2) is 8.42 Å². The topological polar surface area (TPSA) is 66.4 Å². The molecule has 1 aliphatic rings. The van der Waals surface area contributed by atoms with Gasteiger partial charge in [-0.3, -0.25) is 0 Å². The molecule has 1 fully saturated rings. The molecule has 0 amide bonds. The summed E-state index contributed by atoms with van der Waals surface area (Å²) in [4.78, 5) is 4.59. The van der Waals surface area contributed by atoms with E-state index in [0.717, 1.165) is 36.9 Å². The first-order chi connectivity index (χ1) is 13.5. The van der Waals surface area contributed by atoms with Gasteiger partial charge in [-0.1, -0.05) is 35.9 Å². The number of rotatable bonds is 4. The fourth-order valence-corrected chi connectivity index (χ4v) is 4.55. The highest BCUT2D eigenvalue weighted by Crippen LogP contribution is 2.23. The van der Waals surface area contributed by atoms with Crippen molar-refractivity contribution in [2.45, 2.75) is 9.92 Å². The zero-order chi connectivity index (χ0) is 19.6. The van der Waals surface area contributed by atoms with Crippen LogP contribution in [0.5, 0.6) is 0 Å². The number of hydrogen-bond donors (Lipinski definition) is 0. The molecule has 2 aromatic carbocycles. The zero-order valence-corrected chi connectivity index (χ0v) is 16.6. The second kappa shape index (κ2) is 7.77. The molecule has 1 aliphatic heterocycles. The molecule has 2 heterocycles. The Morgan fingerprint density at radius 3 is 2.14 bits per heavy atom. The summed E-state index contributed by atoms with van der Waals surface area (Å²) in [6.45, 7) is 3.19. The van der Waals surface area contributed by atoms with Gasteiger partial charge >= 0.3 is 0 Å². The number of benzene rings is 2. The van der Waals surface area contributed by atoms with Crippen LogP contribution in [-0.2, 0) is 9.84 Å². The first kappa shape index (κ1) is 18.7. The highest BCUT2D eigenvalue weighted by Gasteiger charge is 2.22. The molecule has 6 nitrogen and oxygen atoms in total. The Kier molecular flexibility index (Phi) is 5.19. The minimum absolute atomic E-state index is 0.0417. The van der Waals surface area contributed by atoms with E-state index in [2.05, 4.69) is 20.0 Å². The number of sulfone groups is 1. The van der Waals surface area contributed by atoms with Crippen LogP contribution >= 0.6 is 11.6 Å². The molecule has 0 atom stereocenters. The number of piperazine rings is 1. The lowest BCUT2D eigenvalue weighted by Gasteiger charge is -2.36. The van der Waals surface area contributed by atoms with E-state index in [-0.39, 0.29) is 9.92 Å².